The molecule has 0 saturated carbocycles. The Morgan fingerprint density at radius 1 is 1.27 bits per heavy atom. The number of rotatable bonds is 9. The zero-order chi connectivity index (χ0) is 28.4. The van der Waals surface area contributed by atoms with Crippen LogP contribution in [0.15, 0.2) is 46.9 Å². The zero-order valence-corrected chi connectivity index (χ0v) is 22.9. The number of amides is 3. The van der Waals surface area contributed by atoms with Crippen LogP contribution in [0.5, 0.6) is 5.75 Å². The normalized spacial score (nSPS) is 15.8. The predicted octanol–water partition coefficient (Wildman–Crippen LogP) is 4.14. The highest BCUT2D eigenvalue weighted by Crippen LogP contribution is 2.34. The third-order valence-electron chi connectivity index (χ3n) is 6.67. The van der Waals surface area contributed by atoms with Gasteiger partial charge < -0.3 is 24.8 Å². The van der Waals surface area contributed by atoms with Gasteiger partial charge in [0.1, 0.15) is 11.4 Å². The molecule has 2 aliphatic heterocycles. The lowest BCUT2D eigenvalue weighted by Crippen LogP contribution is -2.35. The highest BCUT2D eigenvalue weighted by atomic mass is 32.1. The van der Waals surface area contributed by atoms with E-state index in [9.17, 15) is 19.2 Å². The lowest BCUT2D eigenvalue weighted by atomic mass is 10.1. The van der Waals surface area contributed by atoms with Crippen molar-refractivity contribution in [3.63, 3.8) is 0 Å². The van der Waals surface area contributed by atoms with Gasteiger partial charge in [0.2, 0.25) is 5.91 Å². The van der Waals surface area contributed by atoms with Crippen LogP contribution in [0.3, 0.4) is 0 Å². The predicted molar refractivity (Wildman–Crippen MR) is 152 cm³/mol. The van der Waals surface area contributed by atoms with E-state index in [1.54, 1.807) is 52.5 Å². The van der Waals surface area contributed by atoms with Crippen molar-refractivity contribution in [2.45, 2.75) is 32.2 Å². The molecule has 1 unspecified atom stereocenters. The Balaban J connectivity index is 1.11. The van der Waals surface area contributed by atoms with Crippen LogP contribution in [0.2, 0.25) is 0 Å². The quantitative estimate of drug-likeness (QED) is 0.229. The lowest BCUT2D eigenvalue weighted by molar-refractivity contribution is -0.116. The van der Waals surface area contributed by atoms with E-state index in [1.165, 1.54) is 0 Å². The first-order valence-electron chi connectivity index (χ1n) is 12.7. The Morgan fingerprint density at radius 2 is 2.10 bits per heavy atom. The standard InChI is InChI=1S/C28H28N6O5S/c1-16-7-19-11-29-22-10-24(17(2)8-21(22)27(38)34(19)12-16)39-6-4-5-25(36)32-28-31-23(15-40-28)26(37)30-18-9-20(14-35)33(3)13-18/h8-11,13-15,19H,1,4-7,12H2,2-3H3,(H,30,37)(H,31,32,36). The van der Waals surface area contributed by atoms with Crippen molar-refractivity contribution in [1.82, 2.24) is 14.5 Å². The molecule has 11 nitrogen and oxygen atoms in total. The van der Waals surface area contributed by atoms with Gasteiger partial charge in [-0.15, -0.1) is 11.3 Å². The molecule has 4 heterocycles. The highest BCUT2D eigenvalue weighted by molar-refractivity contribution is 7.14. The number of carbonyl (C=O) groups excluding carboxylic acids is 4. The van der Waals surface area contributed by atoms with E-state index in [2.05, 4.69) is 27.2 Å². The summed E-state index contributed by atoms with van der Waals surface area (Å²) >= 11 is 1.14. The van der Waals surface area contributed by atoms with Crippen molar-refractivity contribution < 1.29 is 23.9 Å². The van der Waals surface area contributed by atoms with Crippen molar-refractivity contribution >= 4 is 58.1 Å². The van der Waals surface area contributed by atoms with Crippen LogP contribution in [0.4, 0.5) is 16.5 Å². The highest BCUT2D eigenvalue weighted by Gasteiger charge is 2.33. The largest absolute Gasteiger partial charge is 0.493 e. The second kappa shape index (κ2) is 11.3. The maximum Gasteiger partial charge on any atom is 0.275 e. The van der Waals surface area contributed by atoms with Gasteiger partial charge in [0.25, 0.3) is 11.8 Å². The number of hydrogen-bond acceptors (Lipinski definition) is 8. The minimum atomic E-state index is -0.443. The second-order valence-electron chi connectivity index (χ2n) is 9.74. The van der Waals surface area contributed by atoms with E-state index < -0.39 is 5.91 Å². The number of aromatic nitrogens is 2. The zero-order valence-electron chi connectivity index (χ0n) is 22.1. The average Bonchev–Trinajstić information content (AvgIpc) is 3.62. The number of fused-ring (bicyclic) bond motifs is 2. The first kappa shape index (κ1) is 27.0. The second-order valence-corrected chi connectivity index (χ2v) is 10.6. The van der Waals surface area contributed by atoms with Crippen LogP contribution < -0.4 is 15.4 Å². The summed E-state index contributed by atoms with van der Waals surface area (Å²) in [6.07, 6.45) is 5.49. The molecule has 2 aromatic heterocycles. The number of ether oxygens (including phenoxy) is 1. The Morgan fingerprint density at radius 3 is 2.88 bits per heavy atom. The van der Waals surface area contributed by atoms with Gasteiger partial charge in [0.15, 0.2) is 11.4 Å². The SMILES string of the molecule is C=C1CC2C=Nc3cc(OCCCC(=O)Nc4nc(C(=O)Nc5cc(C=O)n(C)c5)cs4)c(C)cc3C(=O)N2C1. The van der Waals surface area contributed by atoms with Crippen LogP contribution in [0, 0.1) is 6.92 Å². The monoisotopic (exact) mass is 560 g/mol. The van der Waals surface area contributed by atoms with Crippen molar-refractivity contribution in [3.05, 3.63) is 64.4 Å². The molecule has 5 rings (SSSR count). The van der Waals surface area contributed by atoms with Gasteiger partial charge in [-0.3, -0.25) is 24.2 Å². The molecule has 3 amide bonds. The molecule has 0 radical (unpaired) electrons. The summed E-state index contributed by atoms with van der Waals surface area (Å²) in [6, 6.07) is 5.06. The molecule has 2 aliphatic rings. The number of nitrogens with zero attached hydrogens (tertiary/aromatic N) is 4. The number of aryl methyl sites for hydroxylation is 2. The average molecular weight is 561 g/mol. The summed E-state index contributed by atoms with van der Waals surface area (Å²) in [5.74, 6) is -0.136. The van der Waals surface area contributed by atoms with Crippen molar-refractivity contribution in [1.29, 1.82) is 0 Å². The maximum atomic E-state index is 13.0. The van der Waals surface area contributed by atoms with Gasteiger partial charge in [-0.1, -0.05) is 12.2 Å². The molecule has 1 saturated heterocycles. The van der Waals surface area contributed by atoms with E-state index >= 15 is 0 Å². The van der Waals surface area contributed by atoms with Crippen molar-refractivity contribution in [2.24, 2.45) is 12.0 Å². The first-order valence-corrected chi connectivity index (χ1v) is 13.6. The van der Waals surface area contributed by atoms with Crippen molar-refractivity contribution in [3.8, 4) is 5.75 Å². The molecule has 12 heteroatoms. The van der Waals surface area contributed by atoms with E-state index in [0.717, 1.165) is 28.9 Å². The molecule has 0 aliphatic carbocycles. The fourth-order valence-corrected chi connectivity index (χ4v) is 5.32. The number of anilines is 2. The number of aldehydes is 1. The van der Waals surface area contributed by atoms with E-state index in [0.29, 0.717) is 59.4 Å². The van der Waals surface area contributed by atoms with Crippen LogP contribution in [0.1, 0.15) is 56.2 Å². The van der Waals surface area contributed by atoms with E-state index in [-0.39, 0.29) is 30.0 Å². The van der Waals surface area contributed by atoms with Gasteiger partial charge in [-0.25, -0.2) is 4.98 Å². The van der Waals surface area contributed by atoms with Crippen LogP contribution >= 0.6 is 11.3 Å². The Hall–Kier alpha value is -4.58. The lowest BCUT2D eigenvalue weighted by Gasteiger charge is -2.20. The summed E-state index contributed by atoms with van der Waals surface area (Å²) in [5.41, 5.74) is 4.02. The fraction of sp³-hybridized carbons (Fsp3) is 0.286. The van der Waals surface area contributed by atoms with E-state index in [4.69, 9.17) is 4.74 Å². The number of benzene rings is 1. The van der Waals surface area contributed by atoms with Gasteiger partial charge in [0, 0.05) is 43.9 Å². The smallest absolute Gasteiger partial charge is 0.275 e. The molecular weight excluding hydrogens is 532 g/mol. The minimum Gasteiger partial charge on any atom is -0.493 e. The Labute approximate surface area is 234 Å². The molecule has 3 aromatic rings. The molecule has 1 atom stereocenters. The molecule has 1 fully saturated rings. The summed E-state index contributed by atoms with van der Waals surface area (Å²) in [7, 11) is 1.70. The summed E-state index contributed by atoms with van der Waals surface area (Å²) in [5, 5.41) is 7.24. The number of carbonyl (C=O) groups is 4. The summed E-state index contributed by atoms with van der Waals surface area (Å²) in [4.78, 5) is 59.4. The van der Waals surface area contributed by atoms with E-state index in [1.807, 2.05) is 6.92 Å². The first-order chi connectivity index (χ1) is 19.2. The molecule has 40 heavy (non-hydrogen) atoms. The van der Waals surface area contributed by atoms with Crippen LogP contribution in [-0.4, -0.2) is 63.9 Å². The third kappa shape index (κ3) is 5.71. The molecule has 2 N–H and O–H groups in total. The Bertz CT molecular complexity index is 1550. The third-order valence-corrected chi connectivity index (χ3v) is 7.43. The van der Waals surface area contributed by atoms with Crippen LogP contribution in [-0.2, 0) is 11.8 Å². The van der Waals surface area contributed by atoms with Crippen molar-refractivity contribution in [2.75, 3.05) is 23.8 Å². The Kier molecular flexibility index (Phi) is 7.60. The molecule has 1 aromatic carbocycles. The number of thiazole rings is 1. The van der Waals surface area contributed by atoms with Gasteiger partial charge in [-0.05, 0) is 37.5 Å². The topological polar surface area (TPSA) is 135 Å². The number of nitrogens with one attached hydrogen (secondary N) is 2. The molecule has 0 bridgehead atoms. The fourth-order valence-electron chi connectivity index (χ4n) is 4.61. The van der Waals surface area contributed by atoms with Gasteiger partial charge in [-0.2, -0.15) is 0 Å². The molecule has 0 spiro atoms. The maximum absolute atomic E-state index is 13.0. The minimum absolute atomic E-state index is 0.0580. The van der Waals surface area contributed by atoms with Gasteiger partial charge in [0.05, 0.1) is 35.3 Å². The summed E-state index contributed by atoms with van der Waals surface area (Å²) < 4.78 is 7.52. The van der Waals surface area contributed by atoms with Crippen LogP contribution in [0.25, 0.3) is 0 Å². The number of aliphatic imine (C=N–C) groups is 1. The summed E-state index contributed by atoms with van der Waals surface area (Å²) in [6.45, 7) is 6.72. The molecular formula is C28H28N6O5S. The molecule has 206 valence electrons. The number of hydrogen-bond donors (Lipinski definition) is 2. The van der Waals surface area contributed by atoms with Gasteiger partial charge >= 0.3 is 0 Å².